The average molecular weight is 324 g/mol. The third kappa shape index (κ3) is 6.11. The Kier molecular flexibility index (Phi) is 6.41. The molecule has 1 aromatic rings. The van der Waals surface area contributed by atoms with Gasteiger partial charge in [0.1, 0.15) is 5.75 Å². The molecule has 0 bridgehead atoms. The highest BCUT2D eigenvalue weighted by Gasteiger charge is 2.34. The van der Waals surface area contributed by atoms with Gasteiger partial charge in [0.25, 0.3) is 0 Å². The first kappa shape index (κ1) is 18.2. The van der Waals surface area contributed by atoms with Crippen LogP contribution in [-0.4, -0.2) is 42.9 Å². The van der Waals surface area contributed by atoms with Crippen LogP contribution in [0.25, 0.3) is 0 Å². The molecule has 0 aliphatic carbocycles. The second kappa shape index (κ2) is 8.11. The summed E-state index contributed by atoms with van der Waals surface area (Å²) in [4.78, 5) is 0. The second-order valence-electron chi connectivity index (χ2n) is 6.55. The van der Waals surface area contributed by atoms with Crippen LogP contribution >= 0.6 is 0 Å². The number of methoxy groups -OCH3 is 1. The maximum absolute atomic E-state index is 9.70. The molecule has 0 amide bonds. The van der Waals surface area contributed by atoms with Gasteiger partial charge >= 0.3 is 0 Å². The van der Waals surface area contributed by atoms with E-state index < -0.39 is 11.9 Å². The highest BCUT2D eigenvalue weighted by Crippen LogP contribution is 2.27. The monoisotopic (exact) mass is 324 g/mol. The van der Waals surface area contributed by atoms with Crippen molar-refractivity contribution in [3.05, 3.63) is 29.8 Å². The largest absolute Gasteiger partial charge is 0.497 e. The number of hydrogen-bond acceptors (Lipinski definition) is 5. The summed E-state index contributed by atoms with van der Waals surface area (Å²) in [7, 11) is 1.65. The van der Waals surface area contributed by atoms with Gasteiger partial charge in [-0.25, -0.2) is 0 Å². The van der Waals surface area contributed by atoms with E-state index in [0.717, 1.165) is 11.3 Å². The van der Waals surface area contributed by atoms with E-state index in [-0.39, 0.29) is 12.2 Å². The zero-order valence-corrected chi connectivity index (χ0v) is 14.5. The molecule has 1 aliphatic heterocycles. The van der Waals surface area contributed by atoms with Crippen molar-refractivity contribution in [1.82, 2.24) is 0 Å². The highest BCUT2D eigenvalue weighted by atomic mass is 16.7. The van der Waals surface area contributed by atoms with Gasteiger partial charge < -0.3 is 24.1 Å². The van der Waals surface area contributed by atoms with Crippen LogP contribution in [0.3, 0.4) is 0 Å². The fourth-order valence-electron chi connectivity index (χ4n) is 2.72. The molecular formula is C18H28O5. The van der Waals surface area contributed by atoms with E-state index >= 15 is 0 Å². The fraction of sp³-hybridized carbons (Fsp3) is 0.667. The lowest BCUT2D eigenvalue weighted by molar-refractivity contribution is -0.143. The zero-order chi connectivity index (χ0) is 16.9. The second-order valence-corrected chi connectivity index (χ2v) is 6.55. The number of rotatable bonds is 8. The van der Waals surface area contributed by atoms with Crippen LogP contribution in [0.15, 0.2) is 24.3 Å². The Balaban J connectivity index is 1.87. The van der Waals surface area contributed by atoms with Crippen LogP contribution in [0.5, 0.6) is 5.75 Å². The van der Waals surface area contributed by atoms with Crippen LogP contribution < -0.4 is 4.74 Å². The molecule has 3 atom stereocenters. The maximum Gasteiger partial charge on any atom is 0.163 e. The Labute approximate surface area is 138 Å². The summed E-state index contributed by atoms with van der Waals surface area (Å²) in [5.74, 6) is 0.295. The van der Waals surface area contributed by atoms with Crippen molar-refractivity contribution in [1.29, 1.82) is 0 Å². The van der Waals surface area contributed by atoms with Crippen molar-refractivity contribution in [2.45, 2.75) is 64.3 Å². The van der Waals surface area contributed by atoms with Crippen molar-refractivity contribution >= 4 is 0 Å². The van der Waals surface area contributed by atoms with Gasteiger partial charge in [-0.3, -0.25) is 0 Å². The molecule has 2 rings (SSSR count). The van der Waals surface area contributed by atoms with Crippen molar-refractivity contribution in [2.24, 2.45) is 0 Å². The van der Waals surface area contributed by atoms with Crippen LogP contribution in [0.2, 0.25) is 0 Å². The SMILES string of the molecule is COc1ccc(COC(C[C@H]2COC(C)(C)O2)C[C@H](C)O)cc1. The zero-order valence-electron chi connectivity index (χ0n) is 14.5. The summed E-state index contributed by atoms with van der Waals surface area (Å²) < 4.78 is 22.6. The first-order chi connectivity index (χ1) is 10.9. The smallest absolute Gasteiger partial charge is 0.163 e. The fourth-order valence-corrected chi connectivity index (χ4v) is 2.72. The van der Waals surface area contributed by atoms with Crippen molar-refractivity contribution < 1.29 is 24.1 Å². The predicted octanol–water partition coefficient (Wildman–Crippen LogP) is 2.89. The standard InChI is InChI=1S/C18H28O5/c1-13(19)9-16(10-17-12-22-18(2,3)23-17)21-11-14-5-7-15(20-4)8-6-14/h5-8,13,16-17,19H,9-12H2,1-4H3/t13-,16?,17-/m0/s1. The third-order valence-electron chi connectivity index (χ3n) is 3.84. The van der Waals surface area contributed by atoms with Crippen LogP contribution in [0.1, 0.15) is 39.2 Å². The summed E-state index contributed by atoms with van der Waals surface area (Å²) in [5, 5.41) is 9.70. The summed E-state index contributed by atoms with van der Waals surface area (Å²) in [6.07, 6.45) is 0.816. The van der Waals surface area contributed by atoms with E-state index in [1.165, 1.54) is 0 Å². The molecule has 5 heteroatoms. The van der Waals surface area contributed by atoms with Crippen LogP contribution in [0.4, 0.5) is 0 Å². The molecule has 0 radical (unpaired) electrons. The van der Waals surface area contributed by atoms with Gasteiger partial charge in [-0.15, -0.1) is 0 Å². The van der Waals surface area contributed by atoms with Crippen molar-refractivity contribution in [3.8, 4) is 5.75 Å². The summed E-state index contributed by atoms with van der Waals surface area (Å²) >= 11 is 0. The van der Waals surface area contributed by atoms with E-state index in [2.05, 4.69) is 0 Å². The van der Waals surface area contributed by atoms with E-state index in [9.17, 15) is 5.11 Å². The lowest BCUT2D eigenvalue weighted by Crippen LogP contribution is -2.27. The number of benzene rings is 1. The molecule has 0 spiro atoms. The van der Waals surface area contributed by atoms with E-state index in [0.29, 0.717) is 26.1 Å². The molecule has 1 heterocycles. The Morgan fingerprint density at radius 2 is 2.00 bits per heavy atom. The summed E-state index contributed by atoms with van der Waals surface area (Å²) in [6, 6.07) is 7.80. The molecule has 0 saturated carbocycles. The molecule has 1 aromatic carbocycles. The number of aliphatic hydroxyl groups excluding tert-OH is 1. The van der Waals surface area contributed by atoms with Gasteiger partial charge in [-0.1, -0.05) is 12.1 Å². The minimum atomic E-state index is -0.532. The van der Waals surface area contributed by atoms with Crippen molar-refractivity contribution in [3.63, 3.8) is 0 Å². The lowest BCUT2D eigenvalue weighted by Gasteiger charge is -2.23. The highest BCUT2D eigenvalue weighted by molar-refractivity contribution is 5.26. The minimum Gasteiger partial charge on any atom is -0.497 e. The number of aliphatic hydroxyl groups is 1. The van der Waals surface area contributed by atoms with E-state index in [1.54, 1.807) is 14.0 Å². The van der Waals surface area contributed by atoms with Gasteiger partial charge in [0.2, 0.25) is 0 Å². The van der Waals surface area contributed by atoms with Crippen LogP contribution in [-0.2, 0) is 20.8 Å². The van der Waals surface area contributed by atoms with E-state index in [4.69, 9.17) is 18.9 Å². The van der Waals surface area contributed by atoms with Gasteiger partial charge in [0, 0.05) is 6.42 Å². The predicted molar refractivity (Wildman–Crippen MR) is 87.4 cm³/mol. The van der Waals surface area contributed by atoms with Crippen LogP contribution in [0, 0.1) is 0 Å². The Morgan fingerprint density at radius 1 is 1.30 bits per heavy atom. The third-order valence-corrected chi connectivity index (χ3v) is 3.84. The average Bonchev–Trinajstić information content (AvgIpc) is 2.83. The molecule has 5 nitrogen and oxygen atoms in total. The van der Waals surface area contributed by atoms with E-state index in [1.807, 2.05) is 38.1 Å². The molecule has 1 N–H and O–H groups in total. The molecule has 1 aliphatic rings. The molecular weight excluding hydrogens is 296 g/mol. The van der Waals surface area contributed by atoms with Gasteiger partial charge in [-0.05, 0) is 44.9 Å². The normalized spacial score (nSPS) is 22.7. The summed E-state index contributed by atoms with van der Waals surface area (Å²) in [5.41, 5.74) is 1.07. The number of ether oxygens (including phenoxy) is 4. The van der Waals surface area contributed by atoms with Crippen molar-refractivity contribution in [2.75, 3.05) is 13.7 Å². The molecule has 1 unspecified atom stereocenters. The van der Waals surface area contributed by atoms with Gasteiger partial charge in [-0.2, -0.15) is 0 Å². The Hall–Kier alpha value is -1.14. The van der Waals surface area contributed by atoms with Gasteiger partial charge in [0.15, 0.2) is 5.79 Å². The molecule has 1 fully saturated rings. The molecule has 130 valence electrons. The Morgan fingerprint density at radius 3 is 2.52 bits per heavy atom. The molecule has 0 aromatic heterocycles. The Bertz CT molecular complexity index is 469. The molecule has 23 heavy (non-hydrogen) atoms. The minimum absolute atomic E-state index is 0.00428. The summed E-state index contributed by atoms with van der Waals surface area (Å²) in [6.45, 7) is 6.66. The lowest BCUT2D eigenvalue weighted by atomic mass is 10.1. The first-order valence-corrected chi connectivity index (χ1v) is 8.12. The maximum atomic E-state index is 9.70. The molecule has 1 saturated heterocycles. The first-order valence-electron chi connectivity index (χ1n) is 8.12. The quantitative estimate of drug-likeness (QED) is 0.797. The van der Waals surface area contributed by atoms with Gasteiger partial charge in [0.05, 0.1) is 38.6 Å². The number of hydrogen-bond donors (Lipinski definition) is 1. The topological polar surface area (TPSA) is 57.2 Å².